The molecule has 1 radical (unpaired) electrons. The second kappa shape index (κ2) is 4.07. The number of benzene rings is 1. The zero-order chi connectivity index (χ0) is 12.5. The first kappa shape index (κ1) is 10.7. The van der Waals surface area contributed by atoms with Crippen molar-refractivity contribution in [2.75, 3.05) is 0 Å². The van der Waals surface area contributed by atoms with Gasteiger partial charge in [-0.2, -0.15) is 0 Å². The van der Waals surface area contributed by atoms with Crippen LogP contribution in [0.5, 0.6) is 0 Å². The Kier molecular flexibility index (Phi) is 2.41. The molecular formula is C14H10N3O. The molecule has 0 bridgehead atoms. The van der Waals surface area contributed by atoms with Gasteiger partial charge in [0.05, 0.1) is 5.69 Å². The van der Waals surface area contributed by atoms with Gasteiger partial charge in [0, 0.05) is 30.4 Å². The van der Waals surface area contributed by atoms with Crippen molar-refractivity contribution in [2.45, 2.75) is 0 Å². The highest BCUT2D eigenvalue weighted by Gasteiger charge is 2.08. The van der Waals surface area contributed by atoms with Crippen LogP contribution < -0.4 is 5.56 Å². The van der Waals surface area contributed by atoms with Crippen molar-refractivity contribution in [3.8, 4) is 11.3 Å². The molecule has 0 saturated carbocycles. The number of rotatable bonds is 1. The number of hydrogen-bond donors (Lipinski definition) is 0. The molecule has 3 aromatic rings. The first-order chi connectivity index (χ1) is 8.77. The molecule has 0 aliphatic rings. The molecule has 0 aliphatic carbocycles. The quantitative estimate of drug-likeness (QED) is 0.647. The number of pyridine rings is 1. The number of hydrogen-bond acceptors (Lipinski definition) is 3. The standard InChI is InChI=1S/C14H10N3O/c1-17-8-12(13-6-7-15-9-16-13)10-4-2-3-5-11(10)14(17)18/h2-8H,1H3. The zero-order valence-corrected chi connectivity index (χ0v) is 9.79. The molecule has 0 spiro atoms. The van der Waals surface area contributed by atoms with Crippen molar-refractivity contribution < 1.29 is 0 Å². The second-order valence-electron chi connectivity index (χ2n) is 4.05. The molecule has 2 aromatic heterocycles. The lowest BCUT2D eigenvalue weighted by Crippen LogP contribution is -2.16. The van der Waals surface area contributed by atoms with Crippen LogP contribution in [0.4, 0.5) is 0 Å². The monoisotopic (exact) mass is 236 g/mol. The summed E-state index contributed by atoms with van der Waals surface area (Å²) >= 11 is 0. The maximum absolute atomic E-state index is 12.0. The van der Waals surface area contributed by atoms with E-state index in [0.717, 1.165) is 16.6 Å². The van der Waals surface area contributed by atoms with Gasteiger partial charge in [0.15, 0.2) is 6.33 Å². The van der Waals surface area contributed by atoms with Crippen LogP contribution in [-0.4, -0.2) is 14.5 Å². The summed E-state index contributed by atoms with van der Waals surface area (Å²) in [6.07, 6.45) is 6.00. The Morgan fingerprint density at radius 2 is 1.94 bits per heavy atom. The molecule has 3 rings (SSSR count). The number of nitrogens with zero attached hydrogens (tertiary/aromatic N) is 3. The van der Waals surface area contributed by atoms with Crippen molar-refractivity contribution in [1.29, 1.82) is 0 Å². The summed E-state index contributed by atoms with van der Waals surface area (Å²) < 4.78 is 1.57. The van der Waals surface area contributed by atoms with Crippen LogP contribution in [0.3, 0.4) is 0 Å². The van der Waals surface area contributed by atoms with Crippen molar-refractivity contribution >= 4 is 10.8 Å². The fourth-order valence-electron chi connectivity index (χ4n) is 2.03. The molecule has 87 valence electrons. The smallest absolute Gasteiger partial charge is 0.258 e. The highest BCUT2D eigenvalue weighted by atomic mass is 16.1. The molecule has 0 fully saturated rings. The van der Waals surface area contributed by atoms with E-state index in [2.05, 4.69) is 16.3 Å². The van der Waals surface area contributed by atoms with Gasteiger partial charge >= 0.3 is 0 Å². The zero-order valence-electron chi connectivity index (χ0n) is 9.79. The normalized spacial score (nSPS) is 10.7. The molecule has 2 heterocycles. The van der Waals surface area contributed by atoms with Crippen LogP contribution in [0.15, 0.2) is 47.5 Å². The lowest BCUT2D eigenvalue weighted by Gasteiger charge is -2.08. The first-order valence-corrected chi connectivity index (χ1v) is 5.55. The molecule has 4 heteroatoms. The van der Waals surface area contributed by atoms with Crippen molar-refractivity contribution in [2.24, 2.45) is 7.05 Å². The third-order valence-corrected chi connectivity index (χ3v) is 2.90. The highest BCUT2D eigenvalue weighted by Crippen LogP contribution is 2.24. The molecule has 0 saturated heterocycles. The number of aryl methyl sites for hydroxylation is 1. The largest absolute Gasteiger partial charge is 0.317 e. The van der Waals surface area contributed by atoms with E-state index in [0.29, 0.717) is 5.39 Å². The Balaban J connectivity index is 2.44. The Labute approximate surface area is 104 Å². The lowest BCUT2D eigenvalue weighted by atomic mass is 10.1. The summed E-state index contributed by atoms with van der Waals surface area (Å²) in [5, 5.41) is 1.59. The van der Waals surface area contributed by atoms with E-state index < -0.39 is 0 Å². The average Bonchev–Trinajstić information content (AvgIpc) is 2.44. The van der Waals surface area contributed by atoms with Gasteiger partial charge in [0.1, 0.15) is 0 Å². The Hall–Kier alpha value is -2.49. The van der Waals surface area contributed by atoms with E-state index in [4.69, 9.17) is 0 Å². The third kappa shape index (κ3) is 1.59. The minimum atomic E-state index is -0.00705. The molecule has 18 heavy (non-hydrogen) atoms. The van der Waals surface area contributed by atoms with Gasteiger partial charge in [0.2, 0.25) is 0 Å². The molecule has 0 atom stereocenters. The topological polar surface area (TPSA) is 47.8 Å². The van der Waals surface area contributed by atoms with Crippen molar-refractivity contribution in [3.63, 3.8) is 0 Å². The molecule has 0 amide bonds. The van der Waals surface area contributed by atoms with Crippen LogP contribution >= 0.6 is 0 Å². The SMILES string of the molecule is Cn1cc(-c2ccn[c]n2)c2ccccc2c1=O. The van der Waals surface area contributed by atoms with E-state index >= 15 is 0 Å². The molecular weight excluding hydrogens is 226 g/mol. The highest BCUT2D eigenvalue weighted by molar-refractivity contribution is 5.94. The molecule has 4 nitrogen and oxygen atoms in total. The summed E-state index contributed by atoms with van der Waals surface area (Å²) in [6.45, 7) is 0. The number of fused-ring (bicyclic) bond motifs is 1. The van der Waals surface area contributed by atoms with Crippen LogP contribution in [0.2, 0.25) is 0 Å². The van der Waals surface area contributed by atoms with Crippen molar-refractivity contribution in [3.05, 3.63) is 59.4 Å². The maximum atomic E-state index is 12.0. The summed E-state index contributed by atoms with van der Waals surface area (Å²) in [7, 11) is 1.74. The van der Waals surface area contributed by atoms with Gasteiger partial charge in [0.25, 0.3) is 5.56 Å². The fourth-order valence-corrected chi connectivity index (χ4v) is 2.03. The second-order valence-corrected chi connectivity index (χ2v) is 4.05. The van der Waals surface area contributed by atoms with E-state index in [1.807, 2.05) is 30.3 Å². The van der Waals surface area contributed by atoms with Gasteiger partial charge in [-0.1, -0.05) is 18.2 Å². The summed E-state index contributed by atoms with van der Waals surface area (Å²) in [6, 6.07) is 9.33. The minimum absolute atomic E-state index is 0.00705. The maximum Gasteiger partial charge on any atom is 0.258 e. The first-order valence-electron chi connectivity index (χ1n) is 5.55. The minimum Gasteiger partial charge on any atom is -0.317 e. The van der Waals surface area contributed by atoms with E-state index in [1.54, 1.807) is 24.0 Å². The summed E-state index contributed by atoms with van der Waals surface area (Å²) in [5.41, 5.74) is 1.66. The van der Waals surface area contributed by atoms with Crippen LogP contribution in [0, 0.1) is 6.33 Å². The molecule has 0 aliphatic heterocycles. The Morgan fingerprint density at radius 1 is 1.17 bits per heavy atom. The summed E-state index contributed by atoms with van der Waals surface area (Å²) in [4.78, 5) is 19.9. The van der Waals surface area contributed by atoms with Gasteiger partial charge in [-0.3, -0.25) is 4.79 Å². The fraction of sp³-hybridized carbons (Fsp3) is 0.0714. The predicted octanol–water partition coefficient (Wildman–Crippen LogP) is 1.80. The molecule has 1 aromatic carbocycles. The van der Waals surface area contributed by atoms with Gasteiger partial charge in [-0.05, 0) is 17.5 Å². The van der Waals surface area contributed by atoms with Gasteiger partial charge in [-0.15, -0.1) is 0 Å². The number of aromatic nitrogens is 3. The summed E-state index contributed by atoms with van der Waals surface area (Å²) in [5.74, 6) is 0. The van der Waals surface area contributed by atoms with Crippen LogP contribution in [0.25, 0.3) is 22.0 Å². The molecule has 0 N–H and O–H groups in total. The lowest BCUT2D eigenvalue weighted by molar-refractivity contribution is 0.874. The van der Waals surface area contributed by atoms with E-state index in [1.165, 1.54) is 0 Å². The van der Waals surface area contributed by atoms with E-state index in [9.17, 15) is 4.79 Å². The Bertz CT molecular complexity index is 763. The average molecular weight is 236 g/mol. The van der Waals surface area contributed by atoms with Gasteiger partial charge in [-0.25, -0.2) is 9.97 Å². The predicted molar refractivity (Wildman–Crippen MR) is 69.1 cm³/mol. The third-order valence-electron chi connectivity index (χ3n) is 2.90. The Morgan fingerprint density at radius 3 is 2.67 bits per heavy atom. The van der Waals surface area contributed by atoms with Crippen LogP contribution in [-0.2, 0) is 7.05 Å². The van der Waals surface area contributed by atoms with Gasteiger partial charge < -0.3 is 4.57 Å². The van der Waals surface area contributed by atoms with Crippen molar-refractivity contribution in [1.82, 2.24) is 14.5 Å². The molecule has 0 unspecified atom stereocenters. The van der Waals surface area contributed by atoms with Crippen LogP contribution in [0.1, 0.15) is 0 Å². The van der Waals surface area contributed by atoms with E-state index in [-0.39, 0.29) is 5.56 Å².